The van der Waals surface area contributed by atoms with E-state index in [1.54, 1.807) is 18.3 Å². The van der Waals surface area contributed by atoms with Crippen molar-refractivity contribution >= 4 is 17.6 Å². The fourth-order valence-electron chi connectivity index (χ4n) is 2.98. The van der Waals surface area contributed by atoms with E-state index in [0.717, 1.165) is 23.4 Å². The van der Waals surface area contributed by atoms with Gasteiger partial charge in [-0.3, -0.25) is 19.9 Å². The molecule has 0 atom stereocenters. The molecule has 1 aliphatic heterocycles. The number of aromatic amines is 1. The van der Waals surface area contributed by atoms with Gasteiger partial charge in [0.1, 0.15) is 0 Å². The first-order chi connectivity index (χ1) is 15.1. The number of hydrogen-bond donors (Lipinski definition) is 3. The minimum atomic E-state index is -5.08. The highest BCUT2D eigenvalue weighted by molar-refractivity contribution is 5.97. The second-order valence-electron chi connectivity index (χ2n) is 6.62. The fourth-order valence-corrected chi connectivity index (χ4v) is 2.98. The van der Waals surface area contributed by atoms with E-state index < -0.39 is 17.1 Å². The summed E-state index contributed by atoms with van der Waals surface area (Å²) in [6.45, 7) is 0.626. The van der Waals surface area contributed by atoms with E-state index in [0.29, 0.717) is 23.4 Å². The Hall–Kier alpha value is -4.22. The predicted molar refractivity (Wildman–Crippen MR) is 106 cm³/mol. The number of pyridine rings is 1. The van der Waals surface area contributed by atoms with E-state index in [2.05, 4.69) is 15.3 Å². The van der Waals surface area contributed by atoms with Crippen molar-refractivity contribution in [3.8, 4) is 22.5 Å². The summed E-state index contributed by atoms with van der Waals surface area (Å²) in [5, 5.41) is 20.9. The predicted octanol–water partition coefficient (Wildman–Crippen LogP) is 3.57. The largest absolute Gasteiger partial charge is 0.490 e. The number of nitro groups is 1. The molecule has 3 aromatic rings. The zero-order valence-corrected chi connectivity index (χ0v) is 16.1. The molecule has 2 aromatic heterocycles. The summed E-state index contributed by atoms with van der Waals surface area (Å²) < 4.78 is 31.7. The van der Waals surface area contributed by atoms with Crippen LogP contribution in [-0.4, -0.2) is 44.6 Å². The highest BCUT2D eigenvalue weighted by Gasteiger charge is 2.38. The third-order valence-corrected chi connectivity index (χ3v) is 4.47. The molecular formula is C20H15F3N4O5. The third-order valence-electron chi connectivity index (χ3n) is 4.47. The maximum absolute atomic E-state index is 11.9. The van der Waals surface area contributed by atoms with Gasteiger partial charge in [0.25, 0.3) is 11.6 Å². The van der Waals surface area contributed by atoms with Crippen LogP contribution >= 0.6 is 0 Å². The number of amides is 1. The molecule has 32 heavy (non-hydrogen) atoms. The SMILES string of the molecule is O=C(O)C(F)(F)F.O=C1NCCc2[nH]c(-c3ccnc(-c4cccc([N+](=O)[O-])c4)c3)cc21. The van der Waals surface area contributed by atoms with E-state index in [4.69, 9.17) is 9.90 Å². The molecule has 3 N–H and O–H groups in total. The van der Waals surface area contributed by atoms with Crippen LogP contribution in [0.4, 0.5) is 18.9 Å². The Morgan fingerprint density at radius 3 is 2.50 bits per heavy atom. The van der Waals surface area contributed by atoms with Gasteiger partial charge in [-0.1, -0.05) is 12.1 Å². The Kier molecular flexibility index (Phi) is 6.23. The number of aliphatic carboxylic acids is 1. The number of nitro benzene ring substituents is 1. The Labute approximate surface area is 178 Å². The van der Waals surface area contributed by atoms with Crippen molar-refractivity contribution in [2.24, 2.45) is 0 Å². The Morgan fingerprint density at radius 2 is 1.88 bits per heavy atom. The molecule has 0 unspecified atom stereocenters. The summed E-state index contributed by atoms with van der Waals surface area (Å²) in [5.41, 5.74) is 4.62. The van der Waals surface area contributed by atoms with Crippen LogP contribution in [0.3, 0.4) is 0 Å². The molecule has 0 saturated carbocycles. The standard InChI is InChI=1S/C18H14N4O3.C2HF3O2/c23-18-14-10-17(21-15(14)5-7-20-18)12-4-6-19-16(9-12)11-2-1-3-13(8-11)22(24)25;3-2(4,5)1(6)7/h1-4,6,8-10,21H,5,7H2,(H,20,23);(H,6,7). The smallest absolute Gasteiger partial charge is 0.475 e. The molecule has 166 valence electrons. The normalized spacial score (nSPS) is 12.8. The lowest BCUT2D eigenvalue weighted by Gasteiger charge is -2.10. The number of aromatic nitrogens is 2. The maximum atomic E-state index is 11.9. The molecule has 0 spiro atoms. The average Bonchev–Trinajstić information content (AvgIpc) is 3.20. The molecule has 4 rings (SSSR count). The number of hydrogen-bond acceptors (Lipinski definition) is 5. The molecule has 12 heteroatoms. The summed E-state index contributed by atoms with van der Waals surface area (Å²) >= 11 is 0. The fraction of sp³-hybridized carbons (Fsp3) is 0.150. The lowest BCUT2D eigenvalue weighted by Crippen LogP contribution is -2.31. The third kappa shape index (κ3) is 5.09. The Morgan fingerprint density at radius 1 is 1.16 bits per heavy atom. The van der Waals surface area contributed by atoms with E-state index in [1.807, 2.05) is 18.2 Å². The van der Waals surface area contributed by atoms with Crippen molar-refractivity contribution in [2.75, 3.05) is 6.54 Å². The van der Waals surface area contributed by atoms with Crippen molar-refractivity contribution in [3.05, 3.63) is 70.0 Å². The van der Waals surface area contributed by atoms with Crippen molar-refractivity contribution < 1.29 is 32.8 Å². The van der Waals surface area contributed by atoms with Crippen LogP contribution in [0.1, 0.15) is 16.1 Å². The molecule has 0 aliphatic carbocycles. The molecule has 3 heterocycles. The lowest BCUT2D eigenvalue weighted by atomic mass is 10.1. The second-order valence-corrected chi connectivity index (χ2v) is 6.62. The van der Waals surface area contributed by atoms with E-state index in [1.165, 1.54) is 12.1 Å². The lowest BCUT2D eigenvalue weighted by molar-refractivity contribution is -0.384. The van der Waals surface area contributed by atoms with Crippen LogP contribution in [0.15, 0.2) is 48.7 Å². The van der Waals surface area contributed by atoms with Crippen LogP contribution in [-0.2, 0) is 11.2 Å². The van der Waals surface area contributed by atoms with Gasteiger partial charge in [-0.2, -0.15) is 13.2 Å². The molecule has 0 bridgehead atoms. The Bertz CT molecular complexity index is 1190. The summed E-state index contributed by atoms with van der Waals surface area (Å²) in [7, 11) is 0. The van der Waals surface area contributed by atoms with Gasteiger partial charge in [0.05, 0.1) is 16.2 Å². The zero-order chi connectivity index (χ0) is 23.5. The summed E-state index contributed by atoms with van der Waals surface area (Å²) in [6, 6.07) is 11.9. The molecular weight excluding hydrogens is 433 g/mol. The number of carboxylic acids is 1. The van der Waals surface area contributed by atoms with Crippen molar-refractivity contribution in [2.45, 2.75) is 12.6 Å². The minimum Gasteiger partial charge on any atom is -0.475 e. The monoisotopic (exact) mass is 448 g/mol. The van der Waals surface area contributed by atoms with Crippen molar-refractivity contribution in [3.63, 3.8) is 0 Å². The number of fused-ring (bicyclic) bond motifs is 1. The first kappa shape index (κ1) is 22.5. The molecule has 0 radical (unpaired) electrons. The summed E-state index contributed by atoms with van der Waals surface area (Å²) in [6.07, 6.45) is -2.66. The minimum absolute atomic E-state index is 0.0247. The van der Waals surface area contributed by atoms with Gasteiger partial charge in [-0.25, -0.2) is 4.79 Å². The number of halogens is 3. The number of non-ortho nitro benzene ring substituents is 1. The van der Waals surface area contributed by atoms with Crippen molar-refractivity contribution in [1.29, 1.82) is 0 Å². The number of H-pyrrole nitrogens is 1. The second kappa shape index (κ2) is 8.88. The Balaban J connectivity index is 0.000000360. The first-order valence-electron chi connectivity index (χ1n) is 9.07. The van der Waals surface area contributed by atoms with Gasteiger partial charge < -0.3 is 15.4 Å². The summed E-state index contributed by atoms with van der Waals surface area (Å²) in [5.74, 6) is -2.83. The van der Waals surface area contributed by atoms with E-state index in [9.17, 15) is 28.1 Å². The number of carboxylic acid groups (broad SMARTS) is 1. The van der Waals surface area contributed by atoms with E-state index >= 15 is 0 Å². The average molecular weight is 448 g/mol. The van der Waals surface area contributed by atoms with Gasteiger partial charge in [-0.05, 0) is 18.2 Å². The molecule has 1 aliphatic rings. The maximum Gasteiger partial charge on any atom is 0.490 e. The van der Waals surface area contributed by atoms with Gasteiger partial charge >= 0.3 is 12.1 Å². The van der Waals surface area contributed by atoms with Gasteiger partial charge in [0.2, 0.25) is 0 Å². The molecule has 0 fully saturated rings. The quantitative estimate of drug-likeness (QED) is 0.414. The number of carbonyl (C=O) groups excluding carboxylic acids is 1. The number of nitrogens with zero attached hydrogens (tertiary/aromatic N) is 2. The van der Waals surface area contributed by atoms with E-state index in [-0.39, 0.29) is 11.6 Å². The van der Waals surface area contributed by atoms with Crippen LogP contribution in [0.25, 0.3) is 22.5 Å². The number of rotatable bonds is 3. The number of nitrogens with one attached hydrogen (secondary N) is 2. The van der Waals surface area contributed by atoms with Crippen LogP contribution in [0.2, 0.25) is 0 Å². The van der Waals surface area contributed by atoms with Crippen molar-refractivity contribution in [1.82, 2.24) is 15.3 Å². The molecule has 1 aromatic carbocycles. The first-order valence-corrected chi connectivity index (χ1v) is 9.07. The highest BCUT2D eigenvalue weighted by atomic mass is 19.4. The van der Waals surface area contributed by atoms with Crippen LogP contribution in [0.5, 0.6) is 0 Å². The number of carbonyl (C=O) groups is 2. The number of benzene rings is 1. The zero-order valence-electron chi connectivity index (χ0n) is 16.1. The highest BCUT2D eigenvalue weighted by Crippen LogP contribution is 2.28. The molecule has 9 nitrogen and oxygen atoms in total. The van der Waals surface area contributed by atoms with Gasteiger partial charge in [-0.15, -0.1) is 0 Å². The van der Waals surface area contributed by atoms with Gasteiger partial charge in [0, 0.05) is 53.8 Å². The summed E-state index contributed by atoms with van der Waals surface area (Å²) in [4.78, 5) is 38.9. The number of alkyl halides is 3. The van der Waals surface area contributed by atoms with Crippen LogP contribution < -0.4 is 5.32 Å². The van der Waals surface area contributed by atoms with Gasteiger partial charge in [0.15, 0.2) is 0 Å². The molecule has 1 amide bonds. The topological polar surface area (TPSA) is 138 Å². The van der Waals surface area contributed by atoms with Crippen LogP contribution in [0, 0.1) is 10.1 Å². The molecule has 0 saturated heterocycles.